The maximum absolute atomic E-state index is 13.2. The molecule has 0 aliphatic carbocycles. The van der Waals surface area contributed by atoms with Crippen molar-refractivity contribution in [1.82, 2.24) is 0 Å². The van der Waals surface area contributed by atoms with Crippen molar-refractivity contribution >= 4 is 39.2 Å². The molecular weight excluding hydrogens is 327 g/mol. The first-order valence-corrected chi connectivity index (χ1v) is 8.90. The molecule has 2 aromatic carbocycles. The Hall–Kier alpha value is -2.06. The number of fused-ring (bicyclic) bond motifs is 1. The summed E-state index contributed by atoms with van der Waals surface area (Å²) in [6.45, 7) is 0. The molecule has 1 N–H and O–H groups in total. The van der Waals surface area contributed by atoms with Gasteiger partial charge in [-0.3, -0.25) is 0 Å². The van der Waals surface area contributed by atoms with Gasteiger partial charge in [-0.25, -0.2) is 17.6 Å². The molecule has 0 saturated carbocycles. The van der Waals surface area contributed by atoms with E-state index in [1.807, 2.05) is 12.3 Å². The molecule has 5 nitrogen and oxygen atoms in total. The number of anilines is 2. The molecule has 1 aliphatic rings. The van der Waals surface area contributed by atoms with Crippen LogP contribution in [0, 0.1) is 5.82 Å². The van der Waals surface area contributed by atoms with Gasteiger partial charge in [0.15, 0.2) is 0 Å². The molecule has 0 radical (unpaired) electrons. The van der Waals surface area contributed by atoms with E-state index in [-0.39, 0.29) is 16.3 Å². The van der Waals surface area contributed by atoms with Crippen LogP contribution in [0.5, 0.6) is 0 Å². The van der Waals surface area contributed by atoms with E-state index in [9.17, 15) is 17.6 Å². The normalized spacial score (nSPS) is 16.1. The fourth-order valence-corrected chi connectivity index (χ4v) is 4.12. The number of benzene rings is 2. The zero-order valence-electron chi connectivity index (χ0n) is 11.4. The van der Waals surface area contributed by atoms with E-state index in [0.29, 0.717) is 4.31 Å². The molecule has 3 rings (SSSR count). The Balaban J connectivity index is 2.17. The van der Waals surface area contributed by atoms with Gasteiger partial charge in [0, 0.05) is 4.90 Å². The monoisotopic (exact) mass is 338 g/mol. The average molecular weight is 338 g/mol. The second-order valence-electron chi connectivity index (χ2n) is 4.54. The lowest BCUT2D eigenvalue weighted by Gasteiger charge is -2.28. The van der Waals surface area contributed by atoms with Crippen molar-refractivity contribution in [3.05, 3.63) is 48.3 Å². The lowest BCUT2D eigenvalue weighted by molar-refractivity contribution is 0.259. The smallest absolute Gasteiger partial charge is 0.305 e. The maximum Gasteiger partial charge on any atom is 0.340 e. The van der Waals surface area contributed by atoms with Gasteiger partial charge >= 0.3 is 6.03 Å². The number of halogens is 1. The highest BCUT2D eigenvalue weighted by Gasteiger charge is 2.38. The Labute approximate surface area is 131 Å². The summed E-state index contributed by atoms with van der Waals surface area (Å²) in [5.41, 5.74) is 0.182. The summed E-state index contributed by atoms with van der Waals surface area (Å²) in [4.78, 5) is 12.9. The summed E-state index contributed by atoms with van der Waals surface area (Å²) < 4.78 is 39.2. The van der Waals surface area contributed by atoms with Crippen molar-refractivity contribution in [1.29, 1.82) is 0 Å². The minimum Gasteiger partial charge on any atom is -0.305 e. The van der Waals surface area contributed by atoms with Crippen molar-refractivity contribution in [2.75, 3.05) is 15.9 Å². The molecule has 2 amide bonds. The zero-order chi connectivity index (χ0) is 15.9. The Morgan fingerprint density at radius 3 is 2.68 bits per heavy atom. The molecule has 1 heterocycles. The number of rotatable bonds is 2. The third-order valence-electron chi connectivity index (χ3n) is 3.17. The van der Waals surface area contributed by atoms with Gasteiger partial charge in [0.25, 0.3) is 10.0 Å². The van der Waals surface area contributed by atoms with E-state index in [2.05, 4.69) is 5.32 Å². The summed E-state index contributed by atoms with van der Waals surface area (Å²) in [7, 11) is -4.08. The lowest BCUT2D eigenvalue weighted by Crippen LogP contribution is -2.44. The molecule has 0 bridgehead atoms. The van der Waals surface area contributed by atoms with Gasteiger partial charge in [-0.15, -0.1) is 11.8 Å². The van der Waals surface area contributed by atoms with E-state index >= 15 is 0 Å². The lowest BCUT2D eigenvalue weighted by atomic mass is 10.3. The Kier molecular flexibility index (Phi) is 3.57. The number of sulfonamides is 1. The molecule has 0 atom stereocenters. The van der Waals surface area contributed by atoms with E-state index in [1.54, 1.807) is 12.1 Å². The first-order valence-electron chi connectivity index (χ1n) is 6.23. The first-order chi connectivity index (χ1) is 10.4. The highest BCUT2D eigenvalue weighted by atomic mass is 32.2. The maximum atomic E-state index is 13.2. The van der Waals surface area contributed by atoms with Gasteiger partial charge in [0.2, 0.25) is 0 Å². The molecule has 0 fully saturated rings. The van der Waals surface area contributed by atoms with E-state index in [0.717, 1.165) is 23.1 Å². The number of hydrogen-bond acceptors (Lipinski definition) is 4. The van der Waals surface area contributed by atoms with Crippen LogP contribution in [0.1, 0.15) is 0 Å². The van der Waals surface area contributed by atoms with Crippen LogP contribution in [0.15, 0.2) is 52.3 Å². The molecule has 2 aromatic rings. The van der Waals surface area contributed by atoms with Crippen LogP contribution < -0.4 is 9.62 Å². The molecule has 0 spiro atoms. The predicted octanol–water partition coefficient (Wildman–Crippen LogP) is 3.29. The summed E-state index contributed by atoms with van der Waals surface area (Å²) in [5, 5.41) is 2.40. The highest BCUT2D eigenvalue weighted by molar-refractivity contribution is 7.98. The number of carbonyl (C=O) groups is 1. The summed E-state index contributed by atoms with van der Waals surface area (Å²) >= 11 is 1.43. The van der Waals surface area contributed by atoms with Crippen molar-refractivity contribution in [3.8, 4) is 0 Å². The number of amides is 2. The highest BCUT2D eigenvalue weighted by Crippen LogP contribution is 2.34. The zero-order valence-corrected chi connectivity index (χ0v) is 13.0. The second-order valence-corrected chi connectivity index (χ2v) is 7.18. The molecule has 0 aromatic heterocycles. The van der Waals surface area contributed by atoms with Crippen LogP contribution in [0.25, 0.3) is 0 Å². The number of urea groups is 1. The number of hydrogen-bond donors (Lipinski definition) is 1. The van der Waals surface area contributed by atoms with Crippen molar-refractivity contribution in [2.45, 2.75) is 9.79 Å². The van der Waals surface area contributed by atoms with Crippen molar-refractivity contribution in [3.63, 3.8) is 0 Å². The van der Waals surface area contributed by atoms with Crippen LogP contribution in [-0.4, -0.2) is 20.7 Å². The number of nitrogens with one attached hydrogen (secondary N) is 1. The van der Waals surface area contributed by atoms with Crippen LogP contribution in [0.4, 0.5) is 20.6 Å². The summed E-state index contributed by atoms with van der Waals surface area (Å²) in [5.74, 6) is -0.618. The van der Waals surface area contributed by atoms with Gasteiger partial charge in [-0.05, 0) is 42.7 Å². The second kappa shape index (κ2) is 5.29. The SMILES string of the molecule is CSc1cccc(N2C(=O)Nc3cc(F)ccc3S2(=O)=O)c1. The van der Waals surface area contributed by atoms with E-state index < -0.39 is 21.9 Å². The fourth-order valence-electron chi connectivity index (χ4n) is 2.19. The Morgan fingerprint density at radius 2 is 1.95 bits per heavy atom. The van der Waals surface area contributed by atoms with Gasteiger partial charge < -0.3 is 5.32 Å². The number of nitrogens with zero attached hydrogens (tertiary/aromatic N) is 1. The van der Waals surface area contributed by atoms with Crippen molar-refractivity contribution in [2.24, 2.45) is 0 Å². The Bertz CT molecular complexity index is 868. The summed E-state index contributed by atoms with van der Waals surface area (Å²) in [6.07, 6.45) is 1.85. The summed E-state index contributed by atoms with van der Waals surface area (Å²) in [6, 6.07) is 8.96. The van der Waals surface area contributed by atoms with Gasteiger partial charge in [0.1, 0.15) is 10.7 Å². The number of carbonyl (C=O) groups excluding carboxylic acids is 1. The minimum atomic E-state index is -4.08. The van der Waals surface area contributed by atoms with Gasteiger partial charge in [0.05, 0.1) is 11.4 Å². The van der Waals surface area contributed by atoms with Crippen molar-refractivity contribution < 1.29 is 17.6 Å². The molecule has 114 valence electrons. The minimum absolute atomic E-state index is 0.0535. The van der Waals surface area contributed by atoms with Gasteiger partial charge in [-0.1, -0.05) is 6.07 Å². The third kappa shape index (κ3) is 2.34. The molecule has 0 saturated heterocycles. The number of thioether (sulfide) groups is 1. The third-order valence-corrected chi connectivity index (χ3v) is 5.67. The Morgan fingerprint density at radius 1 is 1.18 bits per heavy atom. The van der Waals surface area contributed by atoms with E-state index in [1.165, 1.54) is 17.8 Å². The van der Waals surface area contributed by atoms with Crippen LogP contribution in [0.3, 0.4) is 0 Å². The van der Waals surface area contributed by atoms with E-state index in [4.69, 9.17) is 0 Å². The fraction of sp³-hybridized carbons (Fsp3) is 0.0714. The molecule has 0 unspecified atom stereocenters. The molecule has 1 aliphatic heterocycles. The quantitative estimate of drug-likeness (QED) is 0.853. The standard InChI is InChI=1S/C14H11FN2O3S2/c1-21-11-4-2-3-10(8-11)17-14(18)16-12-7-9(15)5-6-13(12)22(17,19)20/h2-8H,1H3,(H,16,18). The average Bonchev–Trinajstić information content (AvgIpc) is 2.46. The molecule has 8 heteroatoms. The van der Waals surface area contributed by atoms with Crippen LogP contribution >= 0.6 is 11.8 Å². The molecular formula is C14H11FN2O3S2. The van der Waals surface area contributed by atoms with Gasteiger partial charge in [-0.2, -0.15) is 4.31 Å². The van der Waals surface area contributed by atoms with Crippen LogP contribution in [0.2, 0.25) is 0 Å². The first kappa shape index (κ1) is 14.9. The predicted molar refractivity (Wildman–Crippen MR) is 83.3 cm³/mol. The topological polar surface area (TPSA) is 66.5 Å². The molecule has 22 heavy (non-hydrogen) atoms. The largest absolute Gasteiger partial charge is 0.340 e. The van der Waals surface area contributed by atoms with Crippen LogP contribution in [-0.2, 0) is 10.0 Å².